The maximum Gasteiger partial charge on any atom is 0.322 e. The molecule has 0 aromatic carbocycles. The average molecular weight is 335 g/mol. The van der Waals surface area contributed by atoms with Crippen molar-refractivity contribution in [3.05, 3.63) is 35.1 Å². The van der Waals surface area contributed by atoms with Crippen LogP contribution in [0.25, 0.3) is 10.6 Å². The molecule has 0 radical (unpaired) electrons. The van der Waals surface area contributed by atoms with Crippen molar-refractivity contribution in [2.75, 3.05) is 0 Å². The van der Waals surface area contributed by atoms with E-state index in [1.807, 2.05) is 45.2 Å². The van der Waals surface area contributed by atoms with Crippen molar-refractivity contribution < 1.29 is 9.90 Å². The Morgan fingerprint density at radius 2 is 2.18 bits per heavy atom. The van der Waals surface area contributed by atoms with Crippen molar-refractivity contribution in [2.45, 2.75) is 36.9 Å². The fraction of sp³-hybridized carbons (Fsp3) is 0.400. The van der Waals surface area contributed by atoms with Crippen LogP contribution in [-0.4, -0.2) is 31.8 Å². The summed E-state index contributed by atoms with van der Waals surface area (Å²) in [5.41, 5.74) is 1.87. The number of rotatable bonds is 3. The largest absolute Gasteiger partial charge is 0.480 e. The third-order valence-electron chi connectivity index (χ3n) is 3.57. The van der Waals surface area contributed by atoms with Crippen molar-refractivity contribution in [3.8, 4) is 10.6 Å². The molecule has 22 heavy (non-hydrogen) atoms. The molecule has 116 valence electrons. The zero-order chi connectivity index (χ0) is 15.9. The molecule has 3 rings (SSSR count). The van der Waals surface area contributed by atoms with E-state index in [0.29, 0.717) is 0 Å². The normalized spacial score (nSPS) is 23.6. The van der Waals surface area contributed by atoms with Gasteiger partial charge in [0.2, 0.25) is 0 Å². The minimum atomic E-state index is -0.822. The topological polar surface area (TPSA) is 75.1 Å². The van der Waals surface area contributed by atoms with Gasteiger partial charge in [0.25, 0.3) is 0 Å². The van der Waals surface area contributed by atoms with Gasteiger partial charge in [-0.15, -0.1) is 23.1 Å². The SMILES string of the molecule is Cc1cccc(-c2cnc(C3NC(C(=O)O)C(C)(C)S3)s2)n1. The van der Waals surface area contributed by atoms with Gasteiger partial charge >= 0.3 is 5.97 Å². The smallest absolute Gasteiger partial charge is 0.322 e. The number of hydrogen-bond donors (Lipinski definition) is 2. The number of aromatic nitrogens is 2. The molecular formula is C15H17N3O2S2. The highest BCUT2D eigenvalue weighted by Crippen LogP contribution is 2.47. The molecule has 7 heteroatoms. The Labute approximate surface area is 137 Å². The third-order valence-corrected chi connectivity index (χ3v) is 6.24. The summed E-state index contributed by atoms with van der Waals surface area (Å²) in [5, 5.41) is 13.3. The van der Waals surface area contributed by atoms with Gasteiger partial charge in [-0.3, -0.25) is 15.1 Å². The molecule has 3 heterocycles. The van der Waals surface area contributed by atoms with E-state index in [1.165, 1.54) is 0 Å². The predicted molar refractivity (Wildman–Crippen MR) is 89.1 cm³/mol. The number of nitrogens with one attached hydrogen (secondary N) is 1. The van der Waals surface area contributed by atoms with Crippen LogP contribution in [-0.2, 0) is 4.79 Å². The maximum atomic E-state index is 11.4. The van der Waals surface area contributed by atoms with Crippen LogP contribution in [0.2, 0.25) is 0 Å². The number of aryl methyl sites for hydroxylation is 1. The van der Waals surface area contributed by atoms with E-state index < -0.39 is 12.0 Å². The van der Waals surface area contributed by atoms with E-state index in [-0.39, 0.29) is 10.1 Å². The van der Waals surface area contributed by atoms with E-state index in [4.69, 9.17) is 0 Å². The average Bonchev–Trinajstić information content (AvgIpc) is 3.02. The zero-order valence-corrected chi connectivity index (χ0v) is 14.2. The Kier molecular flexibility index (Phi) is 3.96. The van der Waals surface area contributed by atoms with Crippen molar-refractivity contribution in [3.63, 3.8) is 0 Å². The second kappa shape index (κ2) is 5.64. The van der Waals surface area contributed by atoms with Crippen LogP contribution in [0.4, 0.5) is 0 Å². The van der Waals surface area contributed by atoms with Gasteiger partial charge in [0.15, 0.2) is 0 Å². The number of thiazole rings is 1. The first-order valence-corrected chi connectivity index (χ1v) is 8.63. The molecule has 5 nitrogen and oxygen atoms in total. The number of hydrogen-bond acceptors (Lipinski definition) is 6. The zero-order valence-electron chi connectivity index (χ0n) is 12.5. The fourth-order valence-corrected chi connectivity index (χ4v) is 4.85. The van der Waals surface area contributed by atoms with Gasteiger partial charge < -0.3 is 5.11 Å². The second-order valence-electron chi connectivity index (χ2n) is 5.77. The third kappa shape index (κ3) is 2.88. The summed E-state index contributed by atoms with van der Waals surface area (Å²) >= 11 is 3.16. The Morgan fingerprint density at radius 3 is 2.82 bits per heavy atom. The van der Waals surface area contributed by atoms with Gasteiger partial charge in [-0.1, -0.05) is 6.07 Å². The number of pyridine rings is 1. The Bertz CT molecular complexity index is 714. The molecule has 2 aromatic rings. The summed E-state index contributed by atoms with van der Waals surface area (Å²) in [4.78, 5) is 21.3. The molecule has 2 unspecified atom stereocenters. The van der Waals surface area contributed by atoms with E-state index in [2.05, 4.69) is 15.3 Å². The van der Waals surface area contributed by atoms with Crippen LogP contribution in [0.3, 0.4) is 0 Å². The molecule has 2 atom stereocenters. The van der Waals surface area contributed by atoms with Gasteiger partial charge in [-0.2, -0.15) is 0 Å². The lowest BCUT2D eigenvalue weighted by Crippen LogP contribution is -2.43. The Morgan fingerprint density at radius 1 is 1.41 bits per heavy atom. The molecule has 1 aliphatic rings. The molecule has 1 fully saturated rings. The quantitative estimate of drug-likeness (QED) is 0.898. The number of carbonyl (C=O) groups is 1. The first-order chi connectivity index (χ1) is 10.4. The highest BCUT2D eigenvalue weighted by molar-refractivity contribution is 8.01. The van der Waals surface area contributed by atoms with E-state index >= 15 is 0 Å². The second-order valence-corrected chi connectivity index (χ2v) is 8.59. The number of thioether (sulfide) groups is 1. The molecule has 0 aliphatic carbocycles. The minimum Gasteiger partial charge on any atom is -0.480 e. The highest BCUT2D eigenvalue weighted by atomic mass is 32.2. The highest BCUT2D eigenvalue weighted by Gasteiger charge is 2.46. The lowest BCUT2D eigenvalue weighted by atomic mass is 10.0. The standard InChI is InChI=1S/C15H17N3O2S2/c1-8-5-4-6-9(17-8)10-7-16-12(21-10)13-18-11(14(19)20)15(2,3)22-13/h4-7,11,13,18H,1-3H3,(H,19,20). The monoisotopic (exact) mass is 335 g/mol. The van der Waals surface area contributed by atoms with Crippen LogP contribution in [0.1, 0.15) is 29.9 Å². The van der Waals surface area contributed by atoms with Gasteiger partial charge in [0, 0.05) is 16.6 Å². The van der Waals surface area contributed by atoms with Crippen molar-refractivity contribution in [2.24, 2.45) is 0 Å². The molecule has 2 N–H and O–H groups in total. The lowest BCUT2D eigenvalue weighted by molar-refractivity contribution is -0.139. The minimum absolute atomic E-state index is 0.0975. The number of carboxylic acid groups (broad SMARTS) is 1. The molecule has 2 aromatic heterocycles. The molecule has 0 bridgehead atoms. The molecule has 1 aliphatic heterocycles. The first kappa shape index (κ1) is 15.5. The van der Waals surface area contributed by atoms with Crippen LogP contribution in [0, 0.1) is 6.92 Å². The van der Waals surface area contributed by atoms with Gasteiger partial charge in [0.1, 0.15) is 16.4 Å². The molecule has 0 spiro atoms. The Hall–Kier alpha value is -1.44. The maximum absolute atomic E-state index is 11.4. The lowest BCUT2D eigenvalue weighted by Gasteiger charge is -2.20. The molecule has 0 saturated carbocycles. The summed E-state index contributed by atoms with van der Waals surface area (Å²) in [6, 6.07) is 5.32. The van der Waals surface area contributed by atoms with Gasteiger partial charge in [-0.25, -0.2) is 4.98 Å². The molecule has 1 saturated heterocycles. The Balaban J connectivity index is 1.85. The van der Waals surface area contributed by atoms with Crippen LogP contribution >= 0.6 is 23.1 Å². The van der Waals surface area contributed by atoms with Crippen LogP contribution < -0.4 is 5.32 Å². The van der Waals surface area contributed by atoms with E-state index in [0.717, 1.165) is 21.3 Å². The summed E-state index contributed by atoms with van der Waals surface area (Å²) in [6.45, 7) is 5.85. The molecular weight excluding hydrogens is 318 g/mol. The van der Waals surface area contributed by atoms with Crippen LogP contribution in [0.15, 0.2) is 24.4 Å². The number of nitrogens with zero attached hydrogens (tertiary/aromatic N) is 2. The van der Waals surface area contributed by atoms with Crippen molar-refractivity contribution in [1.29, 1.82) is 0 Å². The fourth-order valence-electron chi connectivity index (χ4n) is 2.46. The van der Waals surface area contributed by atoms with E-state index in [1.54, 1.807) is 23.1 Å². The van der Waals surface area contributed by atoms with E-state index in [9.17, 15) is 9.90 Å². The van der Waals surface area contributed by atoms with Crippen molar-refractivity contribution >= 4 is 29.1 Å². The first-order valence-electron chi connectivity index (χ1n) is 6.93. The summed E-state index contributed by atoms with van der Waals surface area (Å²) in [7, 11) is 0. The summed E-state index contributed by atoms with van der Waals surface area (Å²) < 4.78 is -0.371. The predicted octanol–water partition coefficient (Wildman–Crippen LogP) is 3.08. The number of aliphatic carboxylic acids is 1. The van der Waals surface area contributed by atoms with Crippen molar-refractivity contribution in [1.82, 2.24) is 15.3 Å². The van der Waals surface area contributed by atoms with Gasteiger partial charge in [-0.05, 0) is 32.9 Å². The summed E-state index contributed by atoms with van der Waals surface area (Å²) in [6.07, 6.45) is 1.81. The van der Waals surface area contributed by atoms with Crippen LogP contribution in [0.5, 0.6) is 0 Å². The number of carboxylic acids is 1. The molecule has 0 amide bonds. The summed E-state index contributed by atoms with van der Waals surface area (Å²) in [5.74, 6) is -0.822. The van der Waals surface area contributed by atoms with Gasteiger partial charge in [0.05, 0.1) is 10.6 Å².